The van der Waals surface area contributed by atoms with Crippen LogP contribution < -0.4 is 10.1 Å². The lowest BCUT2D eigenvalue weighted by Crippen LogP contribution is -2.13. The van der Waals surface area contributed by atoms with Crippen LogP contribution >= 0.6 is 0 Å². The van der Waals surface area contributed by atoms with E-state index >= 15 is 0 Å². The SMILES string of the molecule is COc1cc(C(=O)O)ccc1NC(=O)C[C@@H]1C[C@H]1c1ccccc1. The molecule has 124 valence electrons. The Morgan fingerprint density at radius 1 is 1.21 bits per heavy atom. The minimum Gasteiger partial charge on any atom is -0.495 e. The van der Waals surface area contributed by atoms with Gasteiger partial charge in [-0.2, -0.15) is 0 Å². The zero-order chi connectivity index (χ0) is 17.1. The molecule has 0 spiro atoms. The molecule has 1 fully saturated rings. The third kappa shape index (κ3) is 3.56. The number of ether oxygens (including phenoxy) is 1. The fourth-order valence-electron chi connectivity index (χ4n) is 2.95. The molecule has 0 saturated heterocycles. The van der Waals surface area contributed by atoms with E-state index in [1.807, 2.05) is 18.2 Å². The van der Waals surface area contributed by atoms with Gasteiger partial charge in [-0.15, -0.1) is 0 Å². The van der Waals surface area contributed by atoms with E-state index in [0.29, 0.717) is 29.7 Å². The average Bonchev–Trinajstić information content (AvgIpc) is 3.34. The Bertz CT molecular complexity index is 757. The van der Waals surface area contributed by atoms with Gasteiger partial charge in [-0.1, -0.05) is 30.3 Å². The van der Waals surface area contributed by atoms with E-state index in [0.717, 1.165) is 6.42 Å². The smallest absolute Gasteiger partial charge is 0.335 e. The van der Waals surface area contributed by atoms with E-state index < -0.39 is 5.97 Å². The lowest BCUT2D eigenvalue weighted by molar-refractivity contribution is -0.116. The monoisotopic (exact) mass is 325 g/mol. The van der Waals surface area contributed by atoms with Crippen LogP contribution in [0.1, 0.15) is 34.7 Å². The molecule has 0 bridgehead atoms. The first kappa shape index (κ1) is 16.1. The summed E-state index contributed by atoms with van der Waals surface area (Å²) in [6, 6.07) is 14.6. The number of carbonyl (C=O) groups excluding carboxylic acids is 1. The summed E-state index contributed by atoms with van der Waals surface area (Å²) in [7, 11) is 1.45. The van der Waals surface area contributed by atoms with Crippen molar-refractivity contribution < 1.29 is 19.4 Å². The minimum atomic E-state index is -1.03. The summed E-state index contributed by atoms with van der Waals surface area (Å²) in [5.74, 6) is 0.0400. The maximum atomic E-state index is 12.2. The number of carboxylic acid groups (broad SMARTS) is 1. The molecule has 0 radical (unpaired) electrons. The lowest BCUT2D eigenvalue weighted by atomic mass is 10.1. The number of rotatable bonds is 6. The van der Waals surface area contributed by atoms with Crippen molar-refractivity contribution in [1.82, 2.24) is 0 Å². The zero-order valence-corrected chi connectivity index (χ0v) is 13.4. The molecule has 5 heteroatoms. The Balaban J connectivity index is 1.61. The number of carbonyl (C=O) groups is 2. The molecule has 0 aliphatic heterocycles. The number of anilines is 1. The quantitative estimate of drug-likeness (QED) is 0.852. The number of methoxy groups -OCH3 is 1. The van der Waals surface area contributed by atoms with E-state index in [4.69, 9.17) is 9.84 Å². The fourth-order valence-corrected chi connectivity index (χ4v) is 2.95. The van der Waals surface area contributed by atoms with Crippen LogP contribution in [0.3, 0.4) is 0 Å². The third-order valence-corrected chi connectivity index (χ3v) is 4.32. The summed E-state index contributed by atoms with van der Waals surface area (Å²) in [4.78, 5) is 23.2. The molecule has 0 heterocycles. The van der Waals surface area contributed by atoms with Crippen molar-refractivity contribution in [2.24, 2.45) is 5.92 Å². The van der Waals surface area contributed by atoms with Crippen molar-refractivity contribution >= 4 is 17.6 Å². The largest absolute Gasteiger partial charge is 0.495 e. The van der Waals surface area contributed by atoms with Gasteiger partial charge in [0.05, 0.1) is 18.4 Å². The van der Waals surface area contributed by atoms with E-state index in [1.165, 1.54) is 24.8 Å². The first-order chi connectivity index (χ1) is 11.6. The second-order valence-corrected chi connectivity index (χ2v) is 5.99. The van der Waals surface area contributed by atoms with Crippen molar-refractivity contribution in [2.75, 3.05) is 12.4 Å². The molecular formula is C19H19NO4. The molecular weight excluding hydrogens is 306 g/mol. The number of benzene rings is 2. The predicted molar refractivity (Wildman–Crippen MR) is 90.5 cm³/mol. The third-order valence-electron chi connectivity index (χ3n) is 4.32. The maximum absolute atomic E-state index is 12.2. The van der Waals surface area contributed by atoms with Crippen molar-refractivity contribution in [2.45, 2.75) is 18.8 Å². The summed E-state index contributed by atoms with van der Waals surface area (Å²) >= 11 is 0. The van der Waals surface area contributed by atoms with Crippen molar-refractivity contribution in [3.8, 4) is 5.75 Å². The van der Waals surface area contributed by atoms with Gasteiger partial charge in [-0.05, 0) is 42.0 Å². The highest BCUT2D eigenvalue weighted by Gasteiger charge is 2.39. The fraction of sp³-hybridized carbons (Fsp3) is 0.263. The van der Waals surface area contributed by atoms with Gasteiger partial charge in [0.1, 0.15) is 5.75 Å². The van der Waals surface area contributed by atoms with Crippen molar-refractivity contribution in [1.29, 1.82) is 0 Å². The molecule has 2 N–H and O–H groups in total. The van der Waals surface area contributed by atoms with E-state index in [-0.39, 0.29) is 11.5 Å². The molecule has 1 aliphatic carbocycles. The molecule has 2 atom stereocenters. The number of nitrogens with one attached hydrogen (secondary N) is 1. The molecule has 1 aliphatic rings. The second-order valence-electron chi connectivity index (χ2n) is 5.99. The van der Waals surface area contributed by atoms with Gasteiger partial charge in [-0.3, -0.25) is 4.79 Å². The molecule has 2 aromatic rings. The summed E-state index contributed by atoms with van der Waals surface area (Å²) in [5, 5.41) is 11.8. The highest BCUT2D eigenvalue weighted by molar-refractivity contribution is 5.94. The summed E-state index contributed by atoms with van der Waals surface area (Å²) in [5.41, 5.74) is 1.89. The van der Waals surface area contributed by atoms with E-state index in [2.05, 4.69) is 17.4 Å². The van der Waals surface area contributed by atoms with Gasteiger partial charge in [-0.25, -0.2) is 4.79 Å². The van der Waals surface area contributed by atoms with Crippen LogP contribution in [0.2, 0.25) is 0 Å². The zero-order valence-electron chi connectivity index (χ0n) is 13.4. The van der Waals surface area contributed by atoms with E-state index in [1.54, 1.807) is 6.07 Å². The molecule has 1 amide bonds. The van der Waals surface area contributed by atoms with Gasteiger partial charge >= 0.3 is 5.97 Å². The van der Waals surface area contributed by atoms with Crippen molar-refractivity contribution in [3.05, 3.63) is 59.7 Å². The van der Waals surface area contributed by atoms with Crippen LogP contribution in [0.5, 0.6) is 5.75 Å². The Kier molecular flexibility index (Phi) is 4.51. The molecule has 0 unspecified atom stereocenters. The van der Waals surface area contributed by atoms with Gasteiger partial charge in [0.15, 0.2) is 0 Å². The van der Waals surface area contributed by atoms with Crippen LogP contribution in [0, 0.1) is 5.92 Å². The van der Waals surface area contributed by atoms with Crippen LogP contribution in [-0.4, -0.2) is 24.1 Å². The molecule has 0 aromatic heterocycles. The average molecular weight is 325 g/mol. The number of hydrogen-bond donors (Lipinski definition) is 2. The summed E-state index contributed by atoms with van der Waals surface area (Å²) in [6.07, 6.45) is 1.47. The molecule has 24 heavy (non-hydrogen) atoms. The van der Waals surface area contributed by atoms with Crippen molar-refractivity contribution in [3.63, 3.8) is 0 Å². The van der Waals surface area contributed by atoms with Gasteiger partial charge < -0.3 is 15.2 Å². The lowest BCUT2D eigenvalue weighted by Gasteiger charge is -2.11. The first-order valence-corrected chi connectivity index (χ1v) is 7.84. The van der Waals surface area contributed by atoms with Gasteiger partial charge in [0.2, 0.25) is 5.91 Å². The number of aromatic carboxylic acids is 1. The second kappa shape index (κ2) is 6.74. The Morgan fingerprint density at radius 2 is 1.96 bits per heavy atom. The number of carboxylic acids is 1. The topological polar surface area (TPSA) is 75.6 Å². The minimum absolute atomic E-state index is 0.0835. The van der Waals surface area contributed by atoms with Gasteiger partial charge in [0.25, 0.3) is 0 Å². The number of amides is 1. The summed E-state index contributed by atoms with van der Waals surface area (Å²) in [6.45, 7) is 0. The highest BCUT2D eigenvalue weighted by atomic mass is 16.5. The van der Waals surface area contributed by atoms with Crippen LogP contribution in [0.25, 0.3) is 0 Å². The molecule has 5 nitrogen and oxygen atoms in total. The van der Waals surface area contributed by atoms with Crippen LogP contribution in [-0.2, 0) is 4.79 Å². The van der Waals surface area contributed by atoms with E-state index in [9.17, 15) is 9.59 Å². The van der Waals surface area contributed by atoms with Gasteiger partial charge in [0, 0.05) is 6.42 Å². The maximum Gasteiger partial charge on any atom is 0.335 e. The Hall–Kier alpha value is -2.82. The van der Waals surface area contributed by atoms with Crippen LogP contribution in [0.15, 0.2) is 48.5 Å². The number of hydrogen-bond acceptors (Lipinski definition) is 3. The summed E-state index contributed by atoms with van der Waals surface area (Å²) < 4.78 is 5.17. The molecule has 1 saturated carbocycles. The Labute approximate surface area is 140 Å². The first-order valence-electron chi connectivity index (χ1n) is 7.84. The molecule has 2 aromatic carbocycles. The predicted octanol–water partition coefficient (Wildman–Crippen LogP) is 3.53. The normalized spacial score (nSPS) is 18.7. The van der Waals surface area contributed by atoms with Crippen LogP contribution in [0.4, 0.5) is 5.69 Å². The highest BCUT2D eigenvalue weighted by Crippen LogP contribution is 2.49. The standard InChI is InChI=1S/C19H19NO4/c1-24-17-10-13(19(22)23)7-8-16(17)20-18(21)11-14-9-15(14)12-5-3-2-4-6-12/h2-8,10,14-15H,9,11H2,1H3,(H,20,21)(H,22,23)/t14-,15-/m0/s1. The Morgan fingerprint density at radius 3 is 2.62 bits per heavy atom. The molecule has 3 rings (SSSR count).